The Balaban J connectivity index is 1.51. The van der Waals surface area contributed by atoms with E-state index in [0.717, 1.165) is 44.5 Å². The Labute approximate surface area is 133 Å². The van der Waals surface area contributed by atoms with Crippen molar-refractivity contribution in [3.05, 3.63) is 24.3 Å². The predicted molar refractivity (Wildman–Crippen MR) is 89.6 cm³/mol. The van der Waals surface area contributed by atoms with Gasteiger partial charge in [-0.25, -0.2) is 0 Å². The summed E-state index contributed by atoms with van der Waals surface area (Å²) in [5, 5.41) is 13.8. The van der Waals surface area contributed by atoms with Crippen LogP contribution in [0.5, 0.6) is 5.75 Å². The van der Waals surface area contributed by atoms with Crippen LogP contribution in [-0.4, -0.2) is 43.5 Å². The van der Waals surface area contributed by atoms with Gasteiger partial charge in [-0.15, -0.1) is 0 Å². The Kier molecular flexibility index (Phi) is 5.21. The molecule has 2 fully saturated rings. The van der Waals surface area contributed by atoms with Crippen LogP contribution in [0, 0.1) is 0 Å². The van der Waals surface area contributed by atoms with Crippen LogP contribution < -0.4 is 15.0 Å². The first-order valence-electron chi connectivity index (χ1n) is 8.59. The number of aliphatic hydroxyl groups is 1. The number of rotatable bonds is 4. The third kappa shape index (κ3) is 3.73. The first-order valence-corrected chi connectivity index (χ1v) is 8.59. The van der Waals surface area contributed by atoms with Gasteiger partial charge in [0, 0.05) is 36.9 Å². The summed E-state index contributed by atoms with van der Waals surface area (Å²) in [5.74, 6) is 0.920. The molecule has 1 aromatic rings. The molecule has 0 unspecified atom stereocenters. The summed E-state index contributed by atoms with van der Waals surface area (Å²) in [6.07, 6.45) is 6.63. The van der Waals surface area contributed by atoms with Crippen molar-refractivity contribution in [2.75, 3.05) is 25.1 Å². The average Bonchev–Trinajstić information content (AvgIpc) is 2.58. The summed E-state index contributed by atoms with van der Waals surface area (Å²) < 4.78 is 5.31. The molecule has 1 saturated carbocycles. The monoisotopic (exact) mass is 304 g/mol. The van der Waals surface area contributed by atoms with Crippen LogP contribution in [-0.2, 0) is 0 Å². The second kappa shape index (κ2) is 7.34. The molecule has 0 spiro atoms. The van der Waals surface area contributed by atoms with Gasteiger partial charge in [-0.3, -0.25) is 0 Å². The van der Waals surface area contributed by atoms with Gasteiger partial charge in [-0.2, -0.15) is 0 Å². The Bertz CT molecular complexity index is 472. The molecule has 1 aliphatic carbocycles. The maximum absolute atomic E-state index is 10.1. The van der Waals surface area contributed by atoms with Crippen LogP contribution in [0.15, 0.2) is 24.3 Å². The molecule has 122 valence electrons. The maximum Gasteiger partial charge on any atom is 0.120 e. The number of anilines is 1. The molecule has 1 saturated heterocycles. The third-order valence-electron chi connectivity index (χ3n) is 5.09. The highest BCUT2D eigenvalue weighted by Crippen LogP contribution is 2.25. The lowest BCUT2D eigenvalue weighted by Crippen LogP contribution is -2.51. The molecule has 0 bridgehead atoms. The smallest absolute Gasteiger partial charge is 0.120 e. The normalized spacial score (nSPS) is 26.9. The fraction of sp³-hybridized carbons (Fsp3) is 0.667. The van der Waals surface area contributed by atoms with Crippen molar-refractivity contribution in [3.8, 4) is 5.75 Å². The molecule has 1 aliphatic heterocycles. The molecule has 4 heteroatoms. The Morgan fingerprint density at radius 1 is 1.14 bits per heavy atom. The zero-order chi connectivity index (χ0) is 15.4. The van der Waals surface area contributed by atoms with Crippen molar-refractivity contribution in [1.29, 1.82) is 0 Å². The van der Waals surface area contributed by atoms with Crippen molar-refractivity contribution in [3.63, 3.8) is 0 Å². The summed E-state index contributed by atoms with van der Waals surface area (Å²) in [5.41, 5.74) is 1.25. The standard InChI is InChI=1S/C18H28N2O2/c1-22-16-6-4-5-15(13-16)20-11-9-14(10-12-20)19-17-7-2-3-8-18(17)21/h4-6,13-14,17-19,21H,2-3,7-12H2,1H3/t17-,18-/m0/s1. The van der Waals surface area contributed by atoms with E-state index < -0.39 is 0 Å². The number of piperidine rings is 1. The van der Waals surface area contributed by atoms with E-state index in [9.17, 15) is 5.11 Å². The molecule has 0 radical (unpaired) electrons. The number of aliphatic hydroxyl groups excluding tert-OH is 1. The molecule has 0 aromatic heterocycles. The molecule has 1 aromatic carbocycles. The highest BCUT2D eigenvalue weighted by Gasteiger charge is 2.27. The van der Waals surface area contributed by atoms with E-state index in [1.54, 1.807) is 7.11 Å². The first kappa shape index (κ1) is 15.6. The predicted octanol–water partition coefficient (Wildman–Crippen LogP) is 2.56. The van der Waals surface area contributed by atoms with E-state index in [-0.39, 0.29) is 6.10 Å². The van der Waals surface area contributed by atoms with E-state index >= 15 is 0 Å². The van der Waals surface area contributed by atoms with Crippen LogP contribution in [0.2, 0.25) is 0 Å². The largest absolute Gasteiger partial charge is 0.497 e. The first-order chi connectivity index (χ1) is 10.8. The van der Waals surface area contributed by atoms with Gasteiger partial charge < -0.3 is 20.1 Å². The molecule has 2 atom stereocenters. The van der Waals surface area contributed by atoms with Gasteiger partial charge in [0.15, 0.2) is 0 Å². The number of ether oxygens (including phenoxy) is 1. The number of nitrogens with zero attached hydrogens (tertiary/aromatic N) is 1. The highest BCUT2D eigenvalue weighted by atomic mass is 16.5. The van der Waals surface area contributed by atoms with Crippen LogP contribution in [0.4, 0.5) is 5.69 Å². The van der Waals surface area contributed by atoms with Crippen molar-refractivity contribution in [2.45, 2.75) is 56.7 Å². The Morgan fingerprint density at radius 2 is 1.91 bits per heavy atom. The summed E-state index contributed by atoms with van der Waals surface area (Å²) >= 11 is 0. The molecule has 22 heavy (non-hydrogen) atoms. The number of benzene rings is 1. The van der Waals surface area contributed by atoms with Gasteiger partial charge in [0.25, 0.3) is 0 Å². The minimum atomic E-state index is -0.148. The van der Waals surface area contributed by atoms with E-state index in [4.69, 9.17) is 4.74 Å². The lowest BCUT2D eigenvalue weighted by atomic mass is 9.91. The van der Waals surface area contributed by atoms with Gasteiger partial charge in [-0.1, -0.05) is 18.9 Å². The molecule has 3 rings (SSSR count). The van der Waals surface area contributed by atoms with Crippen LogP contribution in [0.25, 0.3) is 0 Å². The molecule has 2 N–H and O–H groups in total. The van der Waals surface area contributed by atoms with Gasteiger partial charge in [0.05, 0.1) is 13.2 Å². The molecule has 2 aliphatic rings. The summed E-state index contributed by atoms with van der Waals surface area (Å²) in [6, 6.07) is 9.15. The second-order valence-electron chi connectivity index (χ2n) is 6.59. The van der Waals surface area contributed by atoms with Gasteiger partial charge in [-0.05, 0) is 37.8 Å². The highest BCUT2D eigenvalue weighted by molar-refractivity contribution is 5.51. The Hall–Kier alpha value is -1.26. The SMILES string of the molecule is COc1cccc(N2CCC(N[C@H]3CCCC[C@@H]3O)CC2)c1. The topological polar surface area (TPSA) is 44.7 Å². The third-order valence-corrected chi connectivity index (χ3v) is 5.09. The Morgan fingerprint density at radius 3 is 2.64 bits per heavy atom. The van der Waals surface area contributed by atoms with Crippen LogP contribution >= 0.6 is 0 Å². The van der Waals surface area contributed by atoms with Gasteiger partial charge in [0.1, 0.15) is 5.75 Å². The molecular formula is C18H28N2O2. The maximum atomic E-state index is 10.1. The zero-order valence-electron chi connectivity index (χ0n) is 13.5. The van der Waals surface area contributed by atoms with E-state index in [2.05, 4.69) is 28.4 Å². The lowest BCUT2D eigenvalue weighted by molar-refractivity contribution is 0.0828. The van der Waals surface area contributed by atoms with E-state index in [1.807, 2.05) is 6.07 Å². The molecule has 4 nitrogen and oxygen atoms in total. The van der Waals surface area contributed by atoms with Crippen molar-refractivity contribution in [1.82, 2.24) is 5.32 Å². The fourth-order valence-corrected chi connectivity index (χ4v) is 3.72. The average molecular weight is 304 g/mol. The van der Waals surface area contributed by atoms with Crippen molar-refractivity contribution in [2.24, 2.45) is 0 Å². The molecule has 1 heterocycles. The fourth-order valence-electron chi connectivity index (χ4n) is 3.72. The summed E-state index contributed by atoms with van der Waals surface area (Å²) in [4.78, 5) is 2.43. The van der Waals surface area contributed by atoms with E-state index in [1.165, 1.54) is 18.5 Å². The van der Waals surface area contributed by atoms with Gasteiger partial charge >= 0.3 is 0 Å². The second-order valence-corrected chi connectivity index (χ2v) is 6.59. The number of methoxy groups -OCH3 is 1. The minimum Gasteiger partial charge on any atom is -0.497 e. The quantitative estimate of drug-likeness (QED) is 0.897. The molecule has 0 amide bonds. The van der Waals surface area contributed by atoms with Gasteiger partial charge in [0.2, 0.25) is 0 Å². The summed E-state index contributed by atoms with van der Waals surface area (Å²) in [6.45, 7) is 2.13. The summed E-state index contributed by atoms with van der Waals surface area (Å²) in [7, 11) is 1.71. The lowest BCUT2D eigenvalue weighted by Gasteiger charge is -2.38. The molecular weight excluding hydrogens is 276 g/mol. The number of hydrogen-bond donors (Lipinski definition) is 2. The van der Waals surface area contributed by atoms with Crippen LogP contribution in [0.1, 0.15) is 38.5 Å². The number of hydrogen-bond acceptors (Lipinski definition) is 4. The van der Waals surface area contributed by atoms with Crippen molar-refractivity contribution >= 4 is 5.69 Å². The van der Waals surface area contributed by atoms with E-state index in [0.29, 0.717) is 12.1 Å². The van der Waals surface area contributed by atoms with Crippen molar-refractivity contribution < 1.29 is 9.84 Å². The minimum absolute atomic E-state index is 0.148. The number of nitrogens with one attached hydrogen (secondary N) is 1. The zero-order valence-corrected chi connectivity index (χ0v) is 13.5. The van der Waals surface area contributed by atoms with Crippen LogP contribution in [0.3, 0.4) is 0 Å².